The number of nitrogens with one attached hydrogen (secondary N) is 1. The molecule has 1 aromatic heterocycles. The largest absolute Gasteiger partial charge is 0.489 e. The Morgan fingerprint density at radius 1 is 0.909 bits per heavy atom. The number of carbonyl (C=O) groups is 1. The monoisotopic (exact) mass is 549 g/mol. The molecule has 0 saturated heterocycles. The summed E-state index contributed by atoms with van der Waals surface area (Å²) in [6.07, 6.45) is 1.61. The van der Waals surface area contributed by atoms with Gasteiger partial charge in [0.25, 0.3) is 5.91 Å². The molecule has 0 bridgehead atoms. The van der Waals surface area contributed by atoms with Crippen molar-refractivity contribution in [2.45, 2.75) is 20.5 Å². The van der Waals surface area contributed by atoms with Crippen LogP contribution in [-0.4, -0.2) is 16.7 Å². The number of ether oxygens (including phenoxy) is 1. The molecule has 0 radical (unpaired) electrons. The van der Waals surface area contributed by atoms with E-state index in [1.54, 1.807) is 18.3 Å². The van der Waals surface area contributed by atoms with Crippen molar-refractivity contribution in [2.75, 3.05) is 0 Å². The first kappa shape index (κ1) is 22.8. The van der Waals surface area contributed by atoms with E-state index in [4.69, 9.17) is 4.74 Å². The maximum atomic E-state index is 12.4. The van der Waals surface area contributed by atoms with Crippen molar-refractivity contribution in [3.8, 4) is 11.4 Å². The normalized spacial score (nSPS) is 11.0. The molecule has 0 saturated carbocycles. The van der Waals surface area contributed by atoms with Gasteiger partial charge in [0.2, 0.25) is 0 Å². The first-order chi connectivity index (χ1) is 16.0. The van der Waals surface area contributed by atoms with E-state index in [-0.39, 0.29) is 5.91 Å². The lowest BCUT2D eigenvalue weighted by atomic mass is 10.2. The summed E-state index contributed by atoms with van der Waals surface area (Å²) < 4.78 is 9.17. The maximum absolute atomic E-state index is 12.4. The predicted molar refractivity (Wildman–Crippen MR) is 140 cm³/mol. The maximum Gasteiger partial charge on any atom is 0.271 e. The zero-order valence-electron chi connectivity index (χ0n) is 18.5. The van der Waals surface area contributed by atoms with Gasteiger partial charge in [0, 0.05) is 26.2 Å². The summed E-state index contributed by atoms with van der Waals surface area (Å²) in [6.45, 7) is 4.64. The molecule has 1 amide bonds. The van der Waals surface area contributed by atoms with Gasteiger partial charge < -0.3 is 9.30 Å². The van der Waals surface area contributed by atoms with E-state index in [1.165, 1.54) is 3.57 Å². The van der Waals surface area contributed by atoms with Crippen LogP contribution in [0.15, 0.2) is 90.0 Å². The van der Waals surface area contributed by atoms with E-state index >= 15 is 0 Å². The predicted octanol–water partition coefficient (Wildman–Crippen LogP) is 6.04. The van der Waals surface area contributed by atoms with Gasteiger partial charge in [-0.1, -0.05) is 12.1 Å². The van der Waals surface area contributed by atoms with Crippen LogP contribution >= 0.6 is 22.6 Å². The molecule has 3 aromatic carbocycles. The fourth-order valence-corrected chi connectivity index (χ4v) is 3.82. The quantitative estimate of drug-likeness (QED) is 0.174. The molecule has 0 fully saturated rings. The fraction of sp³-hybridized carbons (Fsp3) is 0.111. The Balaban J connectivity index is 1.30. The minimum atomic E-state index is -0.253. The van der Waals surface area contributed by atoms with Crippen LogP contribution in [-0.2, 0) is 6.61 Å². The van der Waals surface area contributed by atoms with Gasteiger partial charge in [-0.2, -0.15) is 5.10 Å². The minimum Gasteiger partial charge on any atom is -0.489 e. The number of nitrogens with zero attached hydrogens (tertiary/aromatic N) is 2. The average Bonchev–Trinajstić information content (AvgIpc) is 3.17. The van der Waals surface area contributed by atoms with Gasteiger partial charge in [-0.15, -0.1) is 0 Å². The van der Waals surface area contributed by atoms with Gasteiger partial charge in [-0.25, -0.2) is 5.43 Å². The molecule has 0 atom stereocenters. The van der Waals surface area contributed by atoms with Crippen LogP contribution in [0.2, 0.25) is 0 Å². The molecule has 1 N–H and O–H groups in total. The summed E-state index contributed by atoms with van der Waals surface area (Å²) in [5.41, 5.74) is 8.46. The number of aromatic nitrogens is 1. The van der Waals surface area contributed by atoms with Crippen LogP contribution in [0.25, 0.3) is 5.69 Å². The zero-order valence-corrected chi connectivity index (χ0v) is 20.6. The highest BCUT2D eigenvalue weighted by Crippen LogP contribution is 2.17. The van der Waals surface area contributed by atoms with Crippen molar-refractivity contribution < 1.29 is 9.53 Å². The van der Waals surface area contributed by atoms with E-state index in [2.05, 4.69) is 87.9 Å². The Labute approximate surface area is 207 Å². The topological polar surface area (TPSA) is 55.6 Å². The summed E-state index contributed by atoms with van der Waals surface area (Å²) in [5.74, 6) is 0.527. The van der Waals surface area contributed by atoms with Crippen LogP contribution in [0.5, 0.6) is 5.75 Å². The van der Waals surface area contributed by atoms with Crippen LogP contribution in [0.3, 0.4) is 0 Å². The van der Waals surface area contributed by atoms with Crippen LogP contribution in [0.4, 0.5) is 0 Å². The Hall–Kier alpha value is -3.39. The summed E-state index contributed by atoms with van der Waals surface area (Å²) in [5, 5.41) is 4.08. The molecular weight excluding hydrogens is 525 g/mol. The lowest BCUT2D eigenvalue weighted by Gasteiger charge is -2.10. The van der Waals surface area contributed by atoms with Gasteiger partial charge >= 0.3 is 0 Å². The summed E-state index contributed by atoms with van der Waals surface area (Å²) >= 11 is 2.28. The number of benzene rings is 3. The lowest BCUT2D eigenvalue weighted by molar-refractivity contribution is 0.0955. The van der Waals surface area contributed by atoms with Gasteiger partial charge in [-0.3, -0.25) is 4.79 Å². The first-order valence-electron chi connectivity index (χ1n) is 10.6. The molecule has 4 rings (SSSR count). The molecule has 0 aliphatic rings. The highest BCUT2D eigenvalue weighted by Gasteiger charge is 2.07. The Bertz CT molecular complexity index is 1240. The summed E-state index contributed by atoms with van der Waals surface area (Å²) in [7, 11) is 0. The number of hydrogen-bond donors (Lipinski definition) is 1. The highest BCUT2D eigenvalue weighted by atomic mass is 127. The minimum absolute atomic E-state index is 0.253. The van der Waals surface area contributed by atoms with Gasteiger partial charge in [0.05, 0.1) is 6.21 Å². The van der Waals surface area contributed by atoms with Gasteiger partial charge in [0.1, 0.15) is 12.4 Å². The highest BCUT2D eigenvalue weighted by molar-refractivity contribution is 14.1. The standard InChI is InChI=1S/C27H24IN3O2/c1-19-3-4-20(2)31(19)25-13-9-23(10-14-25)27(32)30-29-17-21-7-15-26(16-8-21)33-18-22-5-11-24(28)12-6-22/h3-17H,18H2,1-2H3,(H,30,32)/b29-17-. The molecule has 4 aromatic rings. The first-order valence-corrected chi connectivity index (χ1v) is 11.6. The number of rotatable bonds is 7. The van der Waals surface area contributed by atoms with Gasteiger partial charge in [0.15, 0.2) is 0 Å². The van der Waals surface area contributed by atoms with Crippen LogP contribution < -0.4 is 10.2 Å². The van der Waals surface area contributed by atoms with E-state index < -0.39 is 0 Å². The van der Waals surface area contributed by atoms with E-state index in [0.29, 0.717) is 12.2 Å². The molecular formula is C27H24IN3O2. The number of aryl methyl sites for hydroxylation is 2. The summed E-state index contributed by atoms with van der Waals surface area (Å²) in [6, 6.07) is 27.4. The van der Waals surface area contributed by atoms with Crippen molar-refractivity contribution >= 4 is 34.7 Å². The fourth-order valence-electron chi connectivity index (χ4n) is 3.46. The number of amides is 1. The van der Waals surface area contributed by atoms with Crippen molar-refractivity contribution in [1.29, 1.82) is 0 Å². The Kier molecular flexibility index (Phi) is 7.24. The zero-order chi connectivity index (χ0) is 23.2. The molecule has 1 heterocycles. The number of hydrogen-bond acceptors (Lipinski definition) is 3. The van der Waals surface area contributed by atoms with Gasteiger partial charge in [-0.05, 0) is 120 Å². The third-order valence-electron chi connectivity index (χ3n) is 5.24. The third-order valence-corrected chi connectivity index (χ3v) is 5.96. The molecule has 0 spiro atoms. The Morgan fingerprint density at radius 3 is 2.18 bits per heavy atom. The number of hydrazone groups is 1. The van der Waals surface area contributed by atoms with E-state index in [1.807, 2.05) is 36.4 Å². The second-order valence-electron chi connectivity index (χ2n) is 7.68. The molecule has 33 heavy (non-hydrogen) atoms. The molecule has 166 valence electrons. The number of carbonyl (C=O) groups excluding carboxylic acids is 1. The summed E-state index contributed by atoms with van der Waals surface area (Å²) in [4.78, 5) is 12.4. The van der Waals surface area contributed by atoms with E-state index in [9.17, 15) is 4.79 Å². The smallest absolute Gasteiger partial charge is 0.271 e. The third kappa shape index (κ3) is 5.90. The van der Waals surface area contributed by atoms with Crippen LogP contribution in [0.1, 0.15) is 32.9 Å². The van der Waals surface area contributed by atoms with Crippen LogP contribution in [0, 0.1) is 17.4 Å². The lowest BCUT2D eigenvalue weighted by Crippen LogP contribution is -2.17. The van der Waals surface area contributed by atoms with Crippen molar-refractivity contribution in [1.82, 2.24) is 9.99 Å². The van der Waals surface area contributed by atoms with Crippen molar-refractivity contribution in [2.24, 2.45) is 5.10 Å². The SMILES string of the molecule is Cc1ccc(C)n1-c1ccc(C(=O)N/N=C\c2ccc(OCc3ccc(I)cc3)cc2)cc1. The Morgan fingerprint density at radius 2 is 1.55 bits per heavy atom. The van der Waals surface area contributed by atoms with Crippen molar-refractivity contribution in [3.05, 3.63) is 117 Å². The number of halogens is 1. The second kappa shape index (κ2) is 10.5. The second-order valence-corrected chi connectivity index (χ2v) is 8.93. The molecule has 5 nitrogen and oxygen atoms in total. The molecule has 0 aliphatic carbocycles. The molecule has 6 heteroatoms. The average molecular weight is 549 g/mol. The van der Waals surface area contributed by atoms with E-state index in [0.717, 1.165) is 34.0 Å². The molecule has 0 aliphatic heterocycles. The molecule has 0 unspecified atom stereocenters. The van der Waals surface area contributed by atoms with Crippen molar-refractivity contribution in [3.63, 3.8) is 0 Å².